The molecule has 1 aromatic carbocycles. The van der Waals surface area contributed by atoms with Crippen molar-refractivity contribution in [2.75, 3.05) is 18.8 Å². The van der Waals surface area contributed by atoms with E-state index in [0.717, 1.165) is 22.4 Å². The first-order valence-corrected chi connectivity index (χ1v) is 11.3. The number of ether oxygens (including phenoxy) is 2. The Kier molecular flexibility index (Phi) is 8.35. The van der Waals surface area contributed by atoms with Gasteiger partial charge in [0.25, 0.3) is 0 Å². The monoisotopic (exact) mass is 462 g/mol. The maximum absolute atomic E-state index is 7.97. The highest BCUT2D eigenvalue weighted by atomic mass is 127. The van der Waals surface area contributed by atoms with Gasteiger partial charge in [0.2, 0.25) is 0 Å². The van der Waals surface area contributed by atoms with Gasteiger partial charge in [0, 0.05) is 35.0 Å². The number of methoxy groups -OCH3 is 1. The second-order valence-corrected chi connectivity index (χ2v) is 7.25. The van der Waals surface area contributed by atoms with Crippen LogP contribution in [0.5, 0.6) is 11.5 Å². The molecule has 0 radical (unpaired) electrons. The third-order valence-corrected chi connectivity index (χ3v) is 4.64. The smallest absolute Gasteiger partial charge is 0.162 e. The fraction of sp³-hybridized carbons (Fsp3) is 0.312. The largest absolute Gasteiger partial charge is 0.493 e. The Labute approximate surface area is 157 Å². The maximum atomic E-state index is 7.97. The quantitative estimate of drug-likeness (QED) is 0.203. The highest BCUT2D eigenvalue weighted by molar-refractivity contribution is 14.2. The van der Waals surface area contributed by atoms with Gasteiger partial charge < -0.3 is 31.4 Å². The minimum Gasteiger partial charge on any atom is -0.493 e. The van der Waals surface area contributed by atoms with Crippen molar-refractivity contribution in [1.82, 2.24) is 0 Å². The molecule has 132 valence electrons. The fourth-order valence-electron chi connectivity index (χ4n) is 2.09. The van der Waals surface area contributed by atoms with E-state index in [9.17, 15) is 0 Å². The first-order chi connectivity index (χ1) is 11.3. The van der Waals surface area contributed by atoms with Crippen LogP contribution in [0.1, 0.15) is 26.3 Å². The summed E-state index contributed by atoms with van der Waals surface area (Å²) in [5.41, 5.74) is 15.9. The Balaban J connectivity index is 3.21. The number of nitrogens with two attached hydrogens (primary N) is 2. The summed E-state index contributed by atoms with van der Waals surface area (Å²) in [5.74, 6) is 1.16. The van der Waals surface area contributed by atoms with Crippen LogP contribution in [0.25, 0.3) is 0 Å². The van der Waals surface area contributed by atoms with E-state index in [4.69, 9.17) is 26.4 Å². The van der Waals surface area contributed by atoms with Gasteiger partial charge in [0.15, 0.2) is 11.5 Å². The summed E-state index contributed by atoms with van der Waals surface area (Å²) in [6.07, 6.45) is 2.00. The molecule has 0 bridgehead atoms. The van der Waals surface area contributed by atoms with E-state index in [-0.39, 0.29) is 6.61 Å². The van der Waals surface area contributed by atoms with Crippen LogP contribution in [-0.4, -0.2) is 19.4 Å². The van der Waals surface area contributed by atoms with Crippen LogP contribution in [0.2, 0.25) is 0 Å². The zero-order chi connectivity index (χ0) is 18.3. The molecule has 1 atom stereocenters. The van der Waals surface area contributed by atoms with Crippen molar-refractivity contribution in [3.05, 3.63) is 40.7 Å². The lowest BCUT2D eigenvalue weighted by Crippen LogP contribution is -2.11. The van der Waals surface area contributed by atoms with E-state index in [0.29, 0.717) is 29.3 Å². The zero-order valence-corrected chi connectivity index (χ0v) is 17.4. The van der Waals surface area contributed by atoms with Crippen LogP contribution < -0.4 is 26.0 Å². The fourth-order valence-corrected chi connectivity index (χ4v) is 3.27. The van der Waals surface area contributed by atoms with Gasteiger partial charge in [-0.3, -0.25) is 0 Å². The van der Waals surface area contributed by atoms with Crippen LogP contribution in [0, 0.1) is 5.41 Å². The SMILES string of the molecule is COc1cc(NPI)c(C(C)=N)cc1OCC(=C(C)N)/C(C)=C\N. The molecular formula is C16H24IN4O2P. The van der Waals surface area contributed by atoms with Crippen LogP contribution >= 0.6 is 28.4 Å². The van der Waals surface area contributed by atoms with Crippen molar-refractivity contribution in [2.45, 2.75) is 20.8 Å². The number of halogens is 1. The first-order valence-electron chi connectivity index (χ1n) is 7.21. The van der Waals surface area contributed by atoms with Crippen molar-refractivity contribution < 1.29 is 9.47 Å². The molecule has 6 nitrogen and oxygen atoms in total. The molecule has 0 aliphatic rings. The molecule has 8 heteroatoms. The molecule has 0 heterocycles. The lowest BCUT2D eigenvalue weighted by molar-refractivity contribution is 0.320. The predicted molar refractivity (Wildman–Crippen MR) is 112 cm³/mol. The Hall–Kier alpha value is -1.47. The van der Waals surface area contributed by atoms with E-state index in [1.165, 1.54) is 6.20 Å². The summed E-state index contributed by atoms with van der Waals surface area (Å²) in [7, 11) is 1.59. The van der Waals surface area contributed by atoms with E-state index >= 15 is 0 Å². The molecule has 0 aromatic heterocycles. The molecule has 0 amide bonds. The average molecular weight is 462 g/mol. The number of allylic oxidation sites excluding steroid dienone is 1. The van der Waals surface area contributed by atoms with Gasteiger partial charge in [-0.05, 0) is 60.7 Å². The third kappa shape index (κ3) is 5.27. The molecule has 6 N–H and O–H groups in total. The third-order valence-electron chi connectivity index (χ3n) is 3.46. The minimum absolute atomic E-state index is 0.273. The molecular weight excluding hydrogens is 438 g/mol. The highest BCUT2D eigenvalue weighted by Gasteiger charge is 2.14. The van der Waals surface area contributed by atoms with E-state index in [1.54, 1.807) is 14.0 Å². The second-order valence-electron chi connectivity index (χ2n) is 5.19. The van der Waals surface area contributed by atoms with Crippen molar-refractivity contribution in [1.29, 1.82) is 5.41 Å². The standard InChI is InChI=1S/C16H24IN4O2P/c1-9(7-18)13(11(3)20)8-23-16-5-12(10(2)19)14(21-24-17)6-15(16)22-4/h5-7,19,21,24H,8,18,20H2,1-4H3/b9-7-,13-11?,19-10?. The lowest BCUT2D eigenvalue weighted by Gasteiger charge is -2.17. The van der Waals surface area contributed by atoms with Crippen molar-refractivity contribution >= 4 is 39.8 Å². The van der Waals surface area contributed by atoms with Gasteiger partial charge in [-0.2, -0.15) is 0 Å². The Bertz CT molecular complexity index is 670. The average Bonchev–Trinajstić information content (AvgIpc) is 2.54. The summed E-state index contributed by atoms with van der Waals surface area (Å²) in [4.78, 5) is 0. The highest BCUT2D eigenvalue weighted by Crippen LogP contribution is 2.37. The summed E-state index contributed by atoms with van der Waals surface area (Å²) in [5, 5.41) is 11.2. The van der Waals surface area contributed by atoms with Crippen molar-refractivity contribution in [2.24, 2.45) is 11.5 Å². The van der Waals surface area contributed by atoms with Gasteiger partial charge in [-0.25, -0.2) is 0 Å². The molecule has 0 aliphatic heterocycles. The van der Waals surface area contributed by atoms with E-state index in [2.05, 4.69) is 27.1 Å². The lowest BCUT2D eigenvalue weighted by atomic mass is 10.1. The number of hydrogen-bond acceptors (Lipinski definition) is 6. The normalized spacial score (nSPS) is 13.0. The van der Waals surface area contributed by atoms with Crippen LogP contribution in [0.15, 0.2) is 35.2 Å². The van der Waals surface area contributed by atoms with Crippen molar-refractivity contribution in [3.8, 4) is 11.5 Å². The van der Waals surface area contributed by atoms with Crippen LogP contribution in [0.4, 0.5) is 5.69 Å². The first kappa shape index (κ1) is 20.6. The van der Waals surface area contributed by atoms with E-state index < -0.39 is 0 Å². The Morgan fingerprint density at radius 1 is 1.33 bits per heavy atom. The summed E-state index contributed by atoms with van der Waals surface area (Å²) in [6, 6.07) is 3.66. The van der Waals surface area contributed by atoms with Crippen LogP contribution in [0.3, 0.4) is 0 Å². The van der Waals surface area contributed by atoms with Gasteiger partial charge in [0.1, 0.15) is 6.61 Å². The van der Waals surface area contributed by atoms with Gasteiger partial charge in [-0.15, -0.1) is 0 Å². The number of hydrogen-bond donors (Lipinski definition) is 4. The molecule has 0 saturated carbocycles. The Morgan fingerprint density at radius 2 is 2.00 bits per heavy atom. The number of rotatable bonds is 8. The van der Waals surface area contributed by atoms with Gasteiger partial charge in [0.05, 0.1) is 12.8 Å². The number of nitrogens with one attached hydrogen (secondary N) is 2. The molecule has 0 aliphatic carbocycles. The summed E-state index contributed by atoms with van der Waals surface area (Å²) in [6.45, 7) is 5.71. The van der Waals surface area contributed by atoms with Crippen molar-refractivity contribution in [3.63, 3.8) is 0 Å². The molecule has 24 heavy (non-hydrogen) atoms. The number of anilines is 1. The van der Waals surface area contributed by atoms with E-state index in [1.807, 2.05) is 26.0 Å². The second kappa shape index (κ2) is 9.74. The molecule has 1 aromatic rings. The summed E-state index contributed by atoms with van der Waals surface area (Å²) < 4.78 is 11.3. The maximum Gasteiger partial charge on any atom is 0.162 e. The molecule has 1 unspecified atom stereocenters. The topological polar surface area (TPSA) is 106 Å². The molecule has 0 saturated heterocycles. The number of benzene rings is 1. The molecule has 0 spiro atoms. The van der Waals surface area contributed by atoms with Gasteiger partial charge >= 0.3 is 0 Å². The Morgan fingerprint density at radius 3 is 2.46 bits per heavy atom. The predicted octanol–water partition coefficient (Wildman–Crippen LogP) is 3.91. The summed E-state index contributed by atoms with van der Waals surface area (Å²) >= 11 is 2.24. The zero-order valence-electron chi connectivity index (χ0n) is 14.3. The van der Waals surface area contributed by atoms with Crippen LogP contribution in [-0.2, 0) is 0 Å². The molecule has 0 fully saturated rings. The minimum atomic E-state index is 0.273. The molecule has 1 rings (SSSR count). The van der Waals surface area contributed by atoms with Gasteiger partial charge in [-0.1, -0.05) is 0 Å².